The first-order valence-corrected chi connectivity index (χ1v) is 8.27. The molecule has 0 aliphatic heterocycles. The summed E-state index contributed by atoms with van der Waals surface area (Å²) in [6, 6.07) is 13.9. The van der Waals surface area contributed by atoms with Crippen LogP contribution in [0.4, 0.5) is 13.2 Å². The Bertz CT molecular complexity index is 1000. The molecule has 0 aliphatic rings. The monoisotopic (exact) mass is 384 g/mol. The highest BCUT2D eigenvalue weighted by Crippen LogP contribution is 2.28. The summed E-state index contributed by atoms with van der Waals surface area (Å²) >= 11 is 0. The Hall–Kier alpha value is -3.48. The Labute approximate surface area is 159 Å². The number of ketones is 1. The van der Waals surface area contributed by atoms with E-state index in [4.69, 9.17) is 0 Å². The van der Waals surface area contributed by atoms with Crippen LogP contribution in [0, 0.1) is 0 Å². The molecular weight excluding hydrogens is 369 g/mol. The number of hydrogen-bond acceptors (Lipinski definition) is 4. The van der Waals surface area contributed by atoms with Gasteiger partial charge in [0, 0.05) is 24.4 Å². The zero-order valence-electron chi connectivity index (χ0n) is 14.6. The summed E-state index contributed by atoms with van der Waals surface area (Å²) in [5.74, 6) is -0.630. The SMILES string of the molecule is C=C(CC(=O)c1cccnc1-c1ccccn1)c1cccc(OC(F)(F)F)c1. The zero-order chi connectivity index (χ0) is 20.1. The van der Waals surface area contributed by atoms with Gasteiger partial charge in [-0.2, -0.15) is 0 Å². The maximum Gasteiger partial charge on any atom is 0.573 e. The van der Waals surface area contributed by atoms with Gasteiger partial charge in [0.05, 0.1) is 11.4 Å². The molecule has 0 fully saturated rings. The van der Waals surface area contributed by atoms with Crippen molar-refractivity contribution in [3.63, 3.8) is 0 Å². The van der Waals surface area contributed by atoms with Crippen molar-refractivity contribution in [3.05, 3.63) is 84.7 Å². The summed E-state index contributed by atoms with van der Waals surface area (Å²) in [4.78, 5) is 21.3. The van der Waals surface area contributed by atoms with E-state index in [1.54, 1.807) is 48.8 Å². The van der Waals surface area contributed by atoms with Crippen LogP contribution in [-0.4, -0.2) is 22.1 Å². The quantitative estimate of drug-likeness (QED) is 0.539. The number of hydrogen-bond donors (Lipinski definition) is 0. The normalized spacial score (nSPS) is 11.1. The standard InChI is InChI=1S/C21H15F3N2O2/c1-14(15-6-4-7-16(13-15)28-21(22,23)24)12-19(27)17-8-5-11-26-20(17)18-9-2-3-10-25-18/h2-11,13H,1,12H2. The van der Waals surface area contributed by atoms with Gasteiger partial charge in [0.25, 0.3) is 0 Å². The molecule has 0 saturated heterocycles. The van der Waals surface area contributed by atoms with Crippen LogP contribution in [-0.2, 0) is 0 Å². The second-order valence-electron chi connectivity index (χ2n) is 5.89. The van der Waals surface area contributed by atoms with E-state index in [1.807, 2.05) is 0 Å². The molecule has 28 heavy (non-hydrogen) atoms. The van der Waals surface area contributed by atoms with E-state index >= 15 is 0 Å². The van der Waals surface area contributed by atoms with E-state index in [-0.39, 0.29) is 18.0 Å². The van der Waals surface area contributed by atoms with Crippen molar-refractivity contribution in [2.45, 2.75) is 12.8 Å². The fourth-order valence-electron chi connectivity index (χ4n) is 2.64. The largest absolute Gasteiger partial charge is 0.573 e. The number of benzene rings is 1. The number of aromatic nitrogens is 2. The third kappa shape index (κ3) is 4.82. The van der Waals surface area contributed by atoms with Crippen LogP contribution in [0.25, 0.3) is 17.0 Å². The van der Waals surface area contributed by atoms with Gasteiger partial charge in [0.1, 0.15) is 5.75 Å². The molecule has 0 N–H and O–H groups in total. The van der Waals surface area contributed by atoms with Gasteiger partial charge in [0.2, 0.25) is 0 Å². The molecule has 142 valence electrons. The lowest BCUT2D eigenvalue weighted by Gasteiger charge is -2.12. The molecule has 0 atom stereocenters. The fourth-order valence-corrected chi connectivity index (χ4v) is 2.64. The number of ether oxygens (including phenoxy) is 1. The summed E-state index contributed by atoms with van der Waals surface area (Å²) in [6.07, 6.45) is -1.71. The third-order valence-electron chi connectivity index (χ3n) is 3.87. The number of nitrogens with zero attached hydrogens (tertiary/aromatic N) is 2. The summed E-state index contributed by atoms with van der Waals surface area (Å²) in [5, 5.41) is 0. The molecule has 0 amide bonds. The van der Waals surface area contributed by atoms with Crippen LogP contribution in [0.2, 0.25) is 0 Å². The summed E-state index contributed by atoms with van der Waals surface area (Å²) in [5.41, 5.74) is 2.12. The van der Waals surface area contributed by atoms with Gasteiger partial charge in [-0.25, -0.2) is 0 Å². The average Bonchev–Trinajstić information content (AvgIpc) is 2.67. The number of pyridine rings is 2. The highest BCUT2D eigenvalue weighted by atomic mass is 19.4. The molecule has 1 aromatic carbocycles. The Morgan fingerprint density at radius 1 is 1.00 bits per heavy atom. The molecule has 2 heterocycles. The van der Waals surface area contributed by atoms with Crippen molar-refractivity contribution < 1.29 is 22.7 Å². The number of halogens is 3. The van der Waals surface area contributed by atoms with Crippen LogP contribution < -0.4 is 4.74 Å². The molecule has 4 nitrogen and oxygen atoms in total. The van der Waals surface area contributed by atoms with Gasteiger partial charge < -0.3 is 4.74 Å². The Morgan fingerprint density at radius 3 is 2.50 bits per heavy atom. The summed E-state index contributed by atoms with van der Waals surface area (Å²) in [6.45, 7) is 3.84. The number of alkyl halides is 3. The minimum Gasteiger partial charge on any atom is -0.406 e. The van der Waals surface area contributed by atoms with Crippen molar-refractivity contribution in [1.82, 2.24) is 9.97 Å². The number of allylic oxidation sites excluding steroid dienone is 1. The highest BCUT2D eigenvalue weighted by molar-refractivity contribution is 6.05. The van der Waals surface area contributed by atoms with Gasteiger partial charge in [-0.05, 0) is 47.5 Å². The van der Waals surface area contributed by atoms with Crippen LogP contribution in [0.5, 0.6) is 5.75 Å². The lowest BCUT2D eigenvalue weighted by Crippen LogP contribution is -2.17. The molecule has 0 radical (unpaired) electrons. The zero-order valence-corrected chi connectivity index (χ0v) is 14.6. The van der Waals surface area contributed by atoms with Crippen molar-refractivity contribution in [3.8, 4) is 17.1 Å². The first-order chi connectivity index (χ1) is 13.3. The lowest BCUT2D eigenvalue weighted by atomic mass is 9.97. The molecule has 3 rings (SSSR count). The molecule has 0 unspecified atom stereocenters. The van der Waals surface area contributed by atoms with Crippen LogP contribution >= 0.6 is 0 Å². The van der Waals surface area contributed by atoms with Crippen LogP contribution in [0.3, 0.4) is 0 Å². The van der Waals surface area contributed by atoms with Crippen LogP contribution in [0.1, 0.15) is 22.3 Å². The number of carbonyl (C=O) groups is 1. The van der Waals surface area contributed by atoms with E-state index in [0.717, 1.165) is 0 Å². The van der Waals surface area contributed by atoms with E-state index in [9.17, 15) is 18.0 Å². The van der Waals surface area contributed by atoms with Crippen molar-refractivity contribution in [2.75, 3.05) is 0 Å². The number of carbonyl (C=O) groups excluding carboxylic acids is 1. The first kappa shape index (κ1) is 19.3. The Balaban J connectivity index is 1.81. The molecule has 2 aromatic heterocycles. The summed E-state index contributed by atoms with van der Waals surface area (Å²) in [7, 11) is 0. The molecule has 0 saturated carbocycles. The van der Waals surface area contributed by atoms with Gasteiger partial charge in [0.15, 0.2) is 5.78 Å². The van der Waals surface area contributed by atoms with Crippen molar-refractivity contribution >= 4 is 11.4 Å². The van der Waals surface area contributed by atoms with Gasteiger partial charge in [-0.3, -0.25) is 14.8 Å². The van der Waals surface area contributed by atoms with Gasteiger partial charge >= 0.3 is 6.36 Å². The first-order valence-electron chi connectivity index (χ1n) is 8.27. The van der Waals surface area contributed by atoms with E-state index in [0.29, 0.717) is 28.1 Å². The Kier molecular flexibility index (Phi) is 5.54. The highest BCUT2D eigenvalue weighted by Gasteiger charge is 2.31. The lowest BCUT2D eigenvalue weighted by molar-refractivity contribution is -0.274. The van der Waals surface area contributed by atoms with Crippen molar-refractivity contribution in [2.24, 2.45) is 0 Å². The predicted molar refractivity (Wildman–Crippen MR) is 98.6 cm³/mol. The minimum atomic E-state index is -4.79. The maximum absolute atomic E-state index is 12.8. The molecule has 7 heteroatoms. The fraction of sp³-hybridized carbons (Fsp3) is 0.0952. The van der Waals surface area contributed by atoms with E-state index < -0.39 is 6.36 Å². The molecule has 0 aliphatic carbocycles. The predicted octanol–water partition coefficient (Wildman–Crippen LogP) is 5.33. The number of Topliss-reactive ketones (excluding diaryl/α,β-unsaturated/α-hetero) is 1. The molecular formula is C21H15F3N2O2. The second kappa shape index (κ2) is 8.04. The maximum atomic E-state index is 12.8. The van der Waals surface area contributed by atoms with Crippen molar-refractivity contribution in [1.29, 1.82) is 0 Å². The average molecular weight is 384 g/mol. The minimum absolute atomic E-state index is 0.0823. The van der Waals surface area contributed by atoms with E-state index in [1.165, 1.54) is 18.2 Å². The molecule has 3 aromatic rings. The van der Waals surface area contributed by atoms with E-state index in [2.05, 4.69) is 21.3 Å². The van der Waals surface area contributed by atoms with Gasteiger partial charge in [-0.1, -0.05) is 24.8 Å². The summed E-state index contributed by atoms with van der Waals surface area (Å²) < 4.78 is 41.1. The van der Waals surface area contributed by atoms with Crippen LogP contribution in [0.15, 0.2) is 73.6 Å². The Morgan fingerprint density at radius 2 is 1.79 bits per heavy atom. The third-order valence-corrected chi connectivity index (χ3v) is 3.87. The second-order valence-corrected chi connectivity index (χ2v) is 5.89. The smallest absolute Gasteiger partial charge is 0.406 e. The molecule has 0 bridgehead atoms. The number of rotatable bonds is 6. The molecule has 0 spiro atoms. The topological polar surface area (TPSA) is 52.1 Å². The van der Waals surface area contributed by atoms with Gasteiger partial charge in [-0.15, -0.1) is 13.2 Å².